The molecule has 1 aliphatic rings. The van der Waals surface area contributed by atoms with Crippen LogP contribution in [-0.2, 0) is 17.8 Å². The number of carbonyl (C=O) groups is 1. The van der Waals surface area contributed by atoms with Crippen LogP contribution in [0.5, 0.6) is 5.75 Å². The first-order valence-electron chi connectivity index (χ1n) is 7.77. The van der Waals surface area contributed by atoms with Gasteiger partial charge in [0.1, 0.15) is 5.75 Å². The van der Waals surface area contributed by atoms with Gasteiger partial charge in [0.05, 0.1) is 0 Å². The average molecular weight is 320 g/mol. The van der Waals surface area contributed by atoms with E-state index in [1.54, 1.807) is 17.1 Å². The lowest BCUT2D eigenvalue weighted by molar-refractivity contribution is -0.127. The van der Waals surface area contributed by atoms with Gasteiger partial charge in [-0.2, -0.15) is 5.10 Å². The van der Waals surface area contributed by atoms with Crippen molar-refractivity contribution < 1.29 is 9.53 Å². The van der Waals surface area contributed by atoms with Gasteiger partial charge in [-0.15, -0.1) is 0 Å². The number of fused-ring (bicyclic) bond motifs is 1. The second-order valence-corrected chi connectivity index (χ2v) is 5.61. The van der Waals surface area contributed by atoms with Gasteiger partial charge in [0.2, 0.25) is 0 Å². The van der Waals surface area contributed by atoms with Gasteiger partial charge >= 0.3 is 0 Å². The minimum atomic E-state index is -0.463. The Bertz CT molecular complexity index is 836. The Balaban J connectivity index is 1.39. The van der Waals surface area contributed by atoms with Gasteiger partial charge in [0.15, 0.2) is 11.9 Å². The Morgan fingerprint density at radius 2 is 2.17 bits per heavy atom. The number of para-hydroxylation sites is 1. The monoisotopic (exact) mass is 320 g/mol. The van der Waals surface area contributed by atoms with E-state index in [1.165, 1.54) is 0 Å². The predicted octanol–water partition coefficient (Wildman–Crippen LogP) is 1.89. The highest BCUT2D eigenvalue weighted by molar-refractivity contribution is 5.82. The Morgan fingerprint density at radius 3 is 3.00 bits per heavy atom. The number of hydrogen-bond acceptors (Lipinski definition) is 4. The molecule has 0 fully saturated rings. The van der Waals surface area contributed by atoms with E-state index in [-0.39, 0.29) is 5.91 Å². The molecule has 0 saturated carbocycles. The zero-order valence-electron chi connectivity index (χ0n) is 12.9. The molecule has 0 saturated heterocycles. The molecule has 0 aliphatic carbocycles. The quantitative estimate of drug-likeness (QED) is 0.797. The maximum Gasteiger partial charge on any atom is 0.261 e. The van der Waals surface area contributed by atoms with Crippen LogP contribution in [0.25, 0.3) is 5.82 Å². The van der Waals surface area contributed by atoms with Crippen molar-refractivity contribution in [1.82, 2.24) is 20.1 Å². The van der Waals surface area contributed by atoms with Gasteiger partial charge in [0.25, 0.3) is 5.91 Å². The van der Waals surface area contributed by atoms with E-state index < -0.39 is 6.10 Å². The first-order valence-corrected chi connectivity index (χ1v) is 7.77. The van der Waals surface area contributed by atoms with E-state index >= 15 is 0 Å². The third-order valence-electron chi connectivity index (χ3n) is 3.96. The summed E-state index contributed by atoms with van der Waals surface area (Å²) in [5.74, 6) is 1.41. The van der Waals surface area contributed by atoms with E-state index in [1.807, 2.05) is 48.7 Å². The highest BCUT2D eigenvalue weighted by Crippen LogP contribution is 2.28. The molecule has 2 aromatic heterocycles. The van der Waals surface area contributed by atoms with Crippen LogP contribution in [0.1, 0.15) is 11.1 Å². The van der Waals surface area contributed by atoms with Crippen molar-refractivity contribution in [1.29, 1.82) is 0 Å². The Hall–Kier alpha value is -3.15. The molecule has 1 amide bonds. The molecule has 1 atom stereocenters. The van der Waals surface area contributed by atoms with Gasteiger partial charge in [0, 0.05) is 31.6 Å². The minimum Gasteiger partial charge on any atom is -0.480 e. The average Bonchev–Trinajstić information content (AvgIpc) is 3.29. The topological polar surface area (TPSA) is 69.0 Å². The highest BCUT2D eigenvalue weighted by Gasteiger charge is 2.28. The summed E-state index contributed by atoms with van der Waals surface area (Å²) in [6.07, 6.45) is 5.38. The van der Waals surface area contributed by atoms with Crippen molar-refractivity contribution in [2.45, 2.75) is 19.1 Å². The van der Waals surface area contributed by atoms with Crippen LogP contribution in [0.2, 0.25) is 0 Å². The first-order chi connectivity index (χ1) is 11.8. The fourth-order valence-corrected chi connectivity index (χ4v) is 2.73. The lowest BCUT2D eigenvalue weighted by Crippen LogP contribution is -2.37. The molecule has 6 nitrogen and oxygen atoms in total. The second-order valence-electron chi connectivity index (χ2n) is 5.61. The molecule has 3 heterocycles. The molecular formula is C18H16N4O2. The van der Waals surface area contributed by atoms with E-state index in [0.29, 0.717) is 13.0 Å². The third kappa shape index (κ3) is 2.86. The van der Waals surface area contributed by atoms with Crippen LogP contribution in [0.3, 0.4) is 0 Å². The molecule has 1 aromatic carbocycles. The number of nitrogens with zero attached hydrogens (tertiary/aromatic N) is 3. The van der Waals surface area contributed by atoms with Crippen molar-refractivity contribution >= 4 is 5.91 Å². The molecule has 1 N–H and O–H groups in total. The third-order valence-corrected chi connectivity index (χ3v) is 3.96. The van der Waals surface area contributed by atoms with E-state index in [4.69, 9.17) is 4.74 Å². The summed E-state index contributed by atoms with van der Waals surface area (Å²) < 4.78 is 7.38. The smallest absolute Gasteiger partial charge is 0.261 e. The van der Waals surface area contributed by atoms with Crippen LogP contribution in [0.4, 0.5) is 0 Å². The number of rotatable bonds is 4. The van der Waals surface area contributed by atoms with Gasteiger partial charge in [-0.25, -0.2) is 9.67 Å². The van der Waals surface area contributed by atoms with Crippen LogP contribution in [0.15, 0.2) is 61.1 Å². The molecular weight excluding hydrogens is 304 g/mol. The van der Waals surface area contributed by atoms with E-state index in [9.17, 15) is 4.79 Å². The van der Waals surface area contributed by atoms with Crippen molar-refractivity contribution in [2.24, 2.45) is 0 Å². The Morgan fingerprint density at radius 1 is 1.25 bits per heavy atom. The van der Waals surface area contributed by atoms with Crippen molar-refractivity contribution in [3.05, 3.63) is 72.2 Å². The molecule has 4 rings (SSSR count). The molecule has 24 heavy (non-hydrogen) atoms. The number of pyridine rings is 1. The number of ether oxygens (including phenoxy) is 1. The molecule has 0 spiro atoms. The van der Waals surface area contributed by atoms with Crippen molar-refractivity contribution in [3.8, 4) is 11.6 Å². The summed E-state index contributed by atoms with van der Waals surface area (Å²) in [4.78, 5) is 16.6. The molecule has 0 bridgehead atoms. The Labute approximate surface area is 139 Å². The number of benzene rings is 1. The van der Waals surface area contributed by atoms with Gasteiger partial charge in [-0.3, -0.25) is 4.79 Å². The van der Waals surface area contributed by atoms with Crippen molar-refractivity contribution in [3.63, 3.8) is 0 Å². The number of amides is 1. The van der Waals surface area contributed by atoms with Gasteiger partial charge in [-0.1, -0.05) is 18.2 Å². The van der Waals surface area contributed by atoms with Crippen molar-refractivity contribution in [2.75, 3.05) is 0 Å². The van der Waals surface area contributed by atoms with E-state index in [0.717, 1.165) is 22.7 Å². The minimum absolute atomic E-state index is 0.108. The van der Waals surface area contributed by atoms with E-state index in [2.05, 4.69) is 15.4 Å². The lowest BCUT2D eigenvalue weighted by atomic mass is 10.1. The summed E-state index contributed by atoms with van der Waals surface area (Å²) in [6, 6.07) is 13.4. The van der Waals surface area contributed by atoms with Crippen LogP contribution >= 0.6 is 0 Å². The standard InChI is InChI=1S/C18H16N4O2/c23-18(16-11-14-4-1-2-5-15(14)24-16)20-12-13-6-8-19-17(10-13)22-9-3-7-21-22/h1-10,16H,11-12H2,(H,20,23)/t16-/m1/s1. The fraction of sp³-hybridized carbons (Fsp3) is 0.167. The zero-order valence-corrected chi connectivity index (χ0v) is 12.9. The summed E-state index contributed by atoms with van der Waals surface area (Å²) >= 11 is 0. The molecule has 3 aromatic rings. The van der Waals surface area contributed by atoms with Crippen LogP contribution in [0, 0.1) is 0 Å². The van der Waals surface area contributed by atoms with Crippen LogP contribution in [-0.4, -0.2) is 26.8 Å². The number of carbonyl (C=O) groups excluding carboxylic acids is 1. The zero-order chi connectivity index (χ0) is 16.4. The largest absolute Gasteiger partial charge is 0.480 e. The fourth-order valence-electron chi connectivity index (χ4n) is 2.73. The van der Waals surface area contributed by atoms with Gasteiger partial charge in [-0.05, 0) is 35.4 Å². The second kappa shape index (κ2) is 6.16. The molecule has 0 radical (unpaired) electrons. The number of hydrogen-bond donors (Lipinski definition) is 1. The van der Waals surface area contributed by atoms with Gasteiger partial charge < -0.3 is 10.1 Å². The predicted molar refractivity (Wildman–Crippen MR) is 87.8 cm³/mol. The molecule has 120 valence electrons. The Kier molecular flexibility index (Phi) is 3.70. The summed E-state index contributed by atoms with van der Waals surface area (Å²) in [7, 11) is 0. The maximum absolute atomic E-state index is 12.3. The number of nitrogens with one attached hydrogen (secondary N) is 1. The van der Waals surface area contributed by atoms with Crippen LogP contribution < -0.4 is 10.1 Å². The molecule has 0 unspecified atom stereocenters. The molecule has 1 aliphatic heterocycles. The lowest BCUT2D eigenvalue weighted by Gasteiger charge is -2.11. The summed E-state index contributed by atoms with van der Waals surface area (Å²) in [6.45, 7) is 0.422. The summed E-state index contributed by atoms with van der Waals surface area (Å²) in [5.41, 5.74) is 2.03. The maximum atomic E-state index is 12.3. The normalized spacial score (nSPS) is 15.6. The number of aromatic nitrogens is 3. The molecule has 6 heteroatoms. The SMILES string of the molecule is O=C(NCc1ccnc(-n2cccn2)c1)[C@H]1Cc2ccccc2O1. The summed E-state index contributed by atoms with van der Waals surface area (Å²) in [5, 5.41) is 7.08. The first kappa shape index (κ1) is 14.4. The highest BCUT2D eigenvalue weighted by atomic mass is 16.5.